The van der Waals surface area contributed by atoms with Crippen molar-refractivity contribution in [3.05, 3.63) is 42.6 Å². The van der Waals surface area contributed by atoms with Crippen LogP contribution in [0.3, 0.4) is 0 Å². The van der Waals surface area contributed by atoms with E-state index in [0.717, 1.165) is 0 Å². The summed E-state index contributed by atoms with van der Waals surface area (Å²) in [5.74, 6) is 1.22. The zero-order chi connectivity index (χ0) is 12.0. The monoisotopic (exact) mass is 226 g/mol. The van der Waals surface area contributed by atoms with Crippen LogP contribution in [0, 0.1) is 0 Å². The summed E-state index contributed by atoms with van der Waals surface area (Å²) < 4.78 is 6.63. The molecule has 3 rings (SSSR count). The highest BCUT2D eigenvalue weighted by molar-refractivity contribution is 5.75. The van der Waals surface area contributed by atoms with E-state index in [-0.39, 0.29) is 0 Å². The fourth-order valence-corrected chi connectivity index (χ4v) is 2.52. The van der Waals surface area contributed by atoms with Crippen LogP contribution in [0.4, 0.5) is 0 Å². The van der Waals surface area contributed by atoms with Crippen LogP contribution < -0.4 is 4.57 Å². The van der Waals surface area contributed by atoms with Crippen LogP contribution in [0.5, 0.6) is 0 Å². The van der Waals surface area contributed by atoms with E-state index in [4.69, 9.17) is 0 Å². The van der Waals surface area contributed by atoms with Crippen molar-refractivity contribution < 1.29 is 4.57 Å². The highest BCUT2D eigenvalue weighted by Crippen LogP contribution is 2.21. The van der Waals surface area contributed by atoms with Crippen molar-refractivity contribution in [2.75, 3.05) is 0 Å². The molecular formula is C14H16N3+. The van der Waals surface area contributed by atoms with Crippen LogP contribution in [0.25, 0.3) is 22.6 Å². The quantitative estimate of drug-likeness (QED) is 0.563. The standard InChI is InChI=1S/C14H16N3/c1-15-10-6-9-13(15)14-16(2)11-7-4-5-8-12(11)17(14)3/h4-10H,1-3H3/q+1. The predicted octanol–water partition coefficient (Wildman–Crippen LogP) is 2.01. The number of imidazole rings is 1. The van der Waals surface area contributed by atoms with E-state index in [1.165, 1.54) is 22.6 Å². The number of aromatic nitrogens is 3. The summed E-state index contributed by atoms with van der Waals surface area (Å²) >= 11 is 0. The van der Waals surface area contributed by atoms with Crippen molar-refractivity contribution in [2.24, 2.45) is 21.1 Å². The minimum atomic E-state index is 1.22. The van der Waals surface area contributed by atoms with E-state index in [9.17, 15) is 0 Å². The highest BCUT2D eigenvalue weighted by atomic mass is 15.2. The van der Waals surface area contributed by atoms with Gasteiger partial charge in [-0.05, 0) is 24.3 Å². The molecule has 0 aliphatic carbocycles. The number of aryl methyl sites for hydroxylation is 3. The van der Waals surface area contributed by atoms with Crippen LogP contribution in [-0.2, 0) is 21.1 Å². The third-order valence-electron chi connectivity index (χ3n) is 3.41. The van der Waals surface area contributed by atoms with E-state index < -0.39 is 0 Å². The van der Waals surface area contributed by atoms with Crippen LogP contribution in [-0.4, -0.2) is 9.13 Å². The molecular weight excluding hydrogens is 210 g/mol. The number of benzene rings is 1. The van der Waals surface area contributed by atoms with Crippen LogP contribution in [0.2, 0.25) is 0 Å². The van der Waals surface area contributed by atoms with Gasteiger partial charge in [-0.25, -0.2) is 9.13 Å². The lowest BCUT2D eigenvalue weighted by atomic mass is 10.3. The van der Waals surface area contributed by atoms with Gasteiger partial charge < -0.3 is 4.57 Å². The Morgan fingerprint density at radius 1 is 1.00 bits per heavy atom. The highest BCUT2D eigenvalue weighted by Gasteiger charge is 2.22. The molecule has 3 nitrogen and oxygen atoms in total. The van der Waals surface area contributed by atoms with Crippen LogP contribution >= 0.6 is 0 Å². The molecule has 0 spiro atoms. The second kappa shape index (κ2) is 3.48. The van der Waals surface area contributed by atoms with Gasteiger partial charge in [0, 0.05) is 13.2 Å². The first-order chi connectivity index (χ1) is 8.20. The lowest BCUT2D eigenvalue weighted by molar-refractivity contribution is -0.634. The Labute approximate surface area is 101 Å². The smallest absolute Gasteiger partial charge is 0.306 e. The normalized spacial score (nSPS) is 11.2. The number of fused-ring (bicyclic) bond motifs is 1. The third kappa shape index (κ3) is 1.32. The molecule has 0 fully saturated rings. The van der Waals surface area contributed by atoms with Gasteiger partial charge in [0.1, 0.15) is 5.69 Å². The molecule has 0 bridgehead atoms. The first-order valence-corrected chi connectivity index (χ1v) is 5.75. The van der Waals surface area contributed by atoms with Crippen LogP contribution in [0.15, 0.2) is 42.6 Å². The summed E-state index contributed by atoms with van der Waals surface area (Å²) in [7, 11) is 6.31. The third-order valence-corrected chi connectivity index (χ3v) is 3.41. The maximum Gasteiger partial charge on any atom is 0.306 e. The summed E-state index contributed by atoms with van der Waals surface area (Å²) in [4.78, 5) is 0. The molecule has 0 aliphatic rings. The van der Waals surface area contributed by atoms with Gasteiger partial charge in [0.15, 0.2) is 11.0 Å². The minimum Gasteiger partial charge on any atom is -0.344 e. The maximum absolute atomic E-state index is 2.24. The van der Waals surface area contributed by atoms with Crippen molar-refractivity contribution in [1.82, 2.24) is 9.13 Å². The molecule has 0 aliphatic heterocycles. The van der Waals surface area contributed by atoms with Gasteiger partial charge in [0.2, 0.25) is 0 Å². The molecule has 0 N–H and O–H groups in total. The lowest BCUT2D eigenvalue weighted by Crippen LogP contribution is -2.30. The summed E-state index contributed by atoms with van der Waals surface area (Å²) in [6, 6.07) is 12.7. The molecule has 0 saturated carbocycles. The number of hydrogen-bond acceptors (Lipinski definition) is 0. The minimum absolute atomic E-state index is 1.22. The topological polar surface area (TPSA) is 13.7 Å². The summed E-state index contributed by atoms with van der Waals surface area (Å²) in [6.45, 7) is 0. The second-order valence-electron chi connectivity index (χ2n) is 4.43. The molecule has 0 saturated heterocycles. The van der Waals surface area contributed by atoms with Gasteiger partial charge >= 0.3 is 5.82 Å². The van der Waals surface area contributed by atoms with Gasteiger partial charge in [0.25, 0.3) is 0 Å². The first kappa shape index (κ1) is 10.1. The molecule has 3 heteroatoms. The molecule has 86 valence electrons. The number of para-hydroxylation sites is 2. The summed E-state index contributed by atoms with van der Waals surface area (Å²) in [5.41, 5.74) is 3.74. The Morgan fingerprint density at radius 2 is 1.76 bits per heavy atom. The zero-order valence-corrected chi connectivity index (χ0v) is 10.4. The van der Waals surface area contributed by atoms with Gasteiger partial charge in [0.05, 0.1) is 14.1 Å². The number of rotatable bonds is 1. The van der Waals surface area contributed by atoms with E-state index in [1.54, 1.807) is 0 Å². The Bertz CT molecular complexity index is 650. The van der Waals surface area contributed by atoms with Crippen molar-refractivity contribution in [3.63, 3.8) is 0 Å². The van der Waals surface area contributed by atoms with E-state index >= 15 is 0 Å². The van der Waals surface area contributed by atoms with Gasteiger partial charge in [-0.1, -0.05) is 12.1 Å². The fraction of sp³-hybridized carbons (Fsp3) is 0.214. The Kier molecular flexibility index (Phi) is 2.08. The Balaban J connectivity index is 2.42. The largest absolute Gasteiger partial charge is 0.344 e. The van der Waals surface area contributed by atoms with Gasteiger partial charge in [-0.2, -0.15) is 0 Å². The Morgan fingerprint density at radius 3 is 2.41 bits per heavy atom. The van der Waals surface area contributed by atoms with Gasteiger partial charge in [-0.15, -0.1) is 0 Å². The van der Waals surface area contributed by atoms with E-state index in [1.807, 2.05) is 0 Å². The molecule has 0 atom stereocenters. The molecule has 0 unspecified atom stereocenters. The summed E-state index contributed by atoms with van der Waals surface area (Å²) in [5, 5.41) is 0. The molecule has 17 heavy (non-hydrogen) atoms. The van der Waals surface area contributed by atoms with E-state index in [0.29, 0.717) is 0 Å². The molecule has 0 amide bonds. The number of nitrogens with zero attached hydrogens (tertiary/aromatic N) is 3. The molecule has 1 aromatic carbocycles. The zero-order valence-electron chi connectivity index (χ0n) is 10.4. The molecule has 2 aromatic heterocycles. The molecule has 2 heterocycles. The van der Waals surface area contributed by atoms with Crippen molar-refractivity contribution in [3.8, 4) is 11.5 Å². The fourth-order valence-electron chi connectivity index (χ4n) is 2.52. The maximum atomic E-state index is 2.24. The van der Waals surface area contributed by atoms with Gasteiger partial charge in [-0.3, -0.25) is 0 Å². The number of hydrogen-bond donors (Lipinski definition) is 0. The van der Waals surface area contributed by atoms with Crippen LogP contribution in [0.1, 0.15) is 0 Å². The summed E-state index contributed by atoms with van der Waals surface area (Å²) in [6.07, 6.45) is 2.08. The average molecular weight is 226 g/mol. The molecule has 3 aromatic rings. The average Bonchev–Trinajstić information content (AvgIpc) is 2.84. The van der Waals surface area contributed by atoms with E-state index in [2.05, 4.69) is 77.4 Å². The SMILES string of the molecule is Cn1cccc1-c1n(C)c2ccccc2[n+]1C. The lowest BCUT2D eigenvalue weighted by Gasteiger charge is -2.00. The Hall–Kier alpha value is -2.03. The second-order valence-corrected chi connectivity index (χ2v) is 4.43. The molecule has 0 radical (unpaired) electrons. The van der Waals surface area contributed by atoms with Crippen molar-refractivity contribution in [2.45, 2.75) is 0 Å². The first-order valence-electron chi connectivity index (χ1n) is 5.75. The predicted molar refractivity (Wildman–Crippen MR) is 68.5 cm³/mol. The van der Waals surface area contributed by atoms with Crippen molar-refractivity contribution in [1.29, 1.82) is 0 Å². The van der Waals surface area contributed by atoms with Crippen molar-refractivity contribution >= 4 is 11.0 Å².